The van der Waals surface area contributed by atoms with Crippen LogP contribution in [-0.4, -0.2) is 53.8 Å². The van der Waals surface area contributed by atoms with Crippen molar-refractivity contribution in [3.05, 3.63) is 0 Å². The molecule has 2 rings (SSSR count). The van der Waals surface area contributed by atoms with Crippen molar-refractivity contribution in [3.8, 4) is 0 Å². The Balaban J connectivity index is 2.03. The van der Waals surface area contributed by atoms with Crippen LogP contribution in [0.3, 0.4) is 0 Å². The number of nitrogens with two attached hydrogens (primary N) is 1. The summed E-state index contributed by atoms with van der Waals surface area (Å²) in [4.78, 5) is 37.0. The van der Waals surface area contributed by atoms with Gasteiger partial charge in [0, 0.05) is 0 Å². The molecule has 0 aromatic carbocycles. The van der Waals surface area contributed by atoms with E-state index < -0.39 is 11.4 Å². The van der Waals surface area contributed by atoms with Gasteiger partial charge >= 0.3 is 0 Å². The topological polar surface area (TPSA) is 105 Å². The molecule has 4 N–H and O–H groups in total. The normalized spacial score (nSPS) is 28.6. The Morgan fingerprint density at radius 2 is 2.24 bits per heavy atom. The van der Waals surface area contributed by atoms with Crippen LogP contribution in [0.2, 0.25) is 0 Å². The van der Waals surface area contributed by atoms with E-state index in [0.717, 1.165) is 19.4 Å². The highest BCUT2D eigenvalue weighted by atomic mass is 16.2. The fourth-order valence-corrected chi connectivity index (χ4v) is 3.22. The number of nitrogens with one attached hydrogen (secondary N) is 2. The Kier molecular flexibility index (Phi) is 4.51. The Morgan fingerprint density at radius 3 is 2.71 bits per heavy atom. The number of nitrogens with zero attached hydrogens (tertiary/aromatic N) is 1. The predicted octanol–water partition coefficient (Wildman–Crippen LogP) is -1.03. The molecule has 7 heteroatoms. The summed E-state index contributed by atoms with van der Waals surface area (Å²) in [6, 6.07) is -0.216. The molecule has 2 aliphatic rings. The summed E-state index contributed by atoms with van der Waals surface area (Å²) in [5.41, 5.74) is 4.26. The van der Waals surface area contributed by atoms with E-state index in [0.29, 0.717) is 13.0 Å². The third-order valence-corrected chi connectivity index (χ3v) is 4.00. The monoisotopic (exact) mass is 296 g/mol. The van der Waals surface area contributed by atoms with Gasteiger partial charge in [-0.15, -0.1) is 0 Å². The highest BCUT2D eigenvalue weighted by molar-refractivity contribution is 5.99. The van der Waals surface area contributed by atoms with E-state index in [2.05, 4.69) is 10.6 Å². The first kappa shape index (κ1) is 15.8. The van der Waals surface area contributed by atoms with Gasteiger partial charge in [0.25, 0.3) is 5.91 Å². The molecule has 2 saturated heterocycles. The third kappa shape index (κ3) is 3.34. The van der Waals surface area contributed by atoms with Crippen LogP contribution >= 0.6 is 0 Å². The maximum absolute atomic E-state index is 12.4. The van der Waals surface area contributed by atoms with Gasteiger partial charge in [-0.25, -0.2) is 0 Å². The first-order chi connectivity index (χ1) is 9.84. The van der Waals surface area contributed by atoms with Crippen molar-refractivity contribution in [1.29, 1.82) is 0 Å². The molecule has 0 aromatic heterocycles. The van der Waals surface area contributed by atoms with Crippen LogP contribution in [0.5, 0.6) is 0 Å². The van der Waals surface area contributed by atoms with Gasteiger partial charge in [-0.2, -0.15) is 0 Å². The summed E-state index contributed by atoms with van der Waals surface area (Å²) in [6.45, 7) is 5.11. The second kappa shape index (κ2) is 6.01. The van der Waals surface area contributed by atoms with E-state index in [1.54, 1.807) is 0 Å². The van der Waals surface area contributed by atoms with Gasteiger partial charge in [0.15, 0.2) is 0 Å². The number of carbonyl (C=O) groups excluding carboxylic acids is 3. The number of β-lactam (4-membered cyclic amide) rings is 1. The maximum atomic E-state index is 12.4. The zero-order valence-corrected chi connectivity index (χ0v) is 12.6. The van der Waals surface area contributed by atoms with Crippen LogP contribution in [-0.2, 0) is 14.4 Å². The van der Waals surface area contributed by atoms with Crippen LogP contribution in [0.25, 0.3) is 0 Å². The average Bonchev–Trinajstić information content (AvgIpc) is 2.90. The van der Waals surface area contributed by atoms with Crippen molar-refractivity contribution in [2.75, 3.05) is 19.6 Å². The van der Waals surface area contributed by atoms with Gasteiger partial charge in [0.05, 0.1) is 19.1 Å². The van der Waals surface area contributed by atoms with Crippen LogP contribution in [0.15, 0.2) is 0 Å². The molecule has 2 fully saturated rings. The summed E-state index contributed by atoms with van der Waals surface area (Å²) < 4.78 is 0. The van der Waals surface area contributed by atoms with E-state index in [1.165, 1.54) is 4.90 Å². The minimum absolute atomic E-state index is 0.0871. The fraction of sp³-hybridized carbons (Fsp3) is 0.786. The van der Waals surface area contributed by atoms with Crippen molar-refractivity contribution in [3.63, 3.8) is 0 Å². The highest BCUT2D eigenvalue weighted by Crippen LogP contribution is 2.30. The van der Waals surface area contributed by atoms with Crippen molar-refractivity contribution in [2.45, 2.75) is 44.7 Å². The molecule has 0 unspecified atom stereocenters. The molecule has 0 aromatic rings. The lowest BCUT2D eigenvalue weighted by Gasteiger charge is -2.49. The molecule has 0 aliphatic carbocycles. The number of carbonyl (C=O) groups is 3. The molecule has 2 atom stereocenters. The minimum atomic E-state index is -0.870. The van der Waals surface area contributed by atoms with Crippen LogP contribution in [0.4, 0.5) is 0 Å². The van der Waals surface area contributed by atoms with Gasteiger partial charge in [0.2, 0.25) is 11.8 Å². The second-order valence-electron chi connectivity index (χ2n) is 6.45. The second-order valence-corrected chi connectivity index (χ2v) is 6.45. The number of hydrogen-bond donors (Lipinski definition) is 3. The SMILES string of the molecule is CC(C)C[C@@]1(NC(=O)[C@@H]2CCCN2)CN(CC(N)=O)C1=O. The summed E-state index contributed by atoms with van der Waals surface area (Å²) in [7, 11) is 0. The van der Waals surface area contributed by atoms with E-state index in [9.17, 15) is 14.4 Å². The summed E-state index contributed by atoms with van der Waals surface area (Å²) in [5.74, 6) is -0.603. The molecule has 118 valence electrons. The molecule has 0 spiro atoms. The molecule has 2 aliphatic heterocycles. The third-order valence-electron chi connectivity index (χ3n) is 4.00. The molecule has 0 saturated carbocycles. The number of amides is 3. The smallest absolute Gasteiger partial charge is 0.250 e. The first-order valence-electron chi connectivity index (χ1n) is 7.47. The number of likely N-dealkylation sites (tertiary alicyclic amines) is 1. The Labute approximate surface area is 124 Å². The zero-order valence-electron chi connectivity index (χ0n) is 12.6. The predicted molar refractivity (Wildman–Crippen MR) is 77.1 cm³/mol. The summed E-state index contributed by atoms with van der Waals surface area (Å²) in [6.07, 6.45) is 2.33. The van der Waals surface area contributed by atoms with Crippen LogP contribution in [0, 0.1) is 5.92 Å². The van der Waals surface area contributed by atoms with E-state index in [-0.39, 0.29) is 30.3 Å². The van der Waals surface area contributed by atoms with Crippen LogP contribution < -0.4 is 16.4 Å². The van der Waals surface area contributed by atoms with Gasteiger partial charge < -0.3 is 21.3 Å². The lowest BCUT2D eigenvalue weighted by molar-refractivity contribution is -0.159. The van der Waals surface area contributed by atoms with Crippen molar-refractivity contribution < 1.29 is 14.4 Å². The first-order valence-corrected chi connectivity index (χ1v) is 7.47. The Bertz CT molecular complexity index is 446. The molecular weight excluding hydrogens is 272 g/mol. The van der Waals surface area contributed by atoms with Crippen molar-refractivity contribution in [1.82, 2.24) is 15.5 Å². The molecular formula is C14H24N4O3. The fourth-order valence-electron chi connectivity index (χ4n) is 3.22. The van der Waals surface area contributed by atoms with Crippen molar-refractivity contribution >= 4 is 17.7 Å². The molecule has 0 radical (unpaired) electrons. The maximum Gasteiger partial charge on any atom is 0.250 e. The quantitative estimate of drug-likeness (QED) is 0.545. The number of primary amides is 1. The van der Waals surface area contributed by atoms with E-state index >= 15 is 0 Å². The van der Waals surface area contributed by atoms with Crippen molar-refractivity contribution in [2.24, 2.45) is 11.7 Å². The molecule has 7 nitrogen and oxygen atoms in total. The van der Waals surface area contributed by atoms with E-state index in [4.69, 9.17) is 5.73 Å². The lowest BCUT2D eigenvalue weighted by atomic mass is 9.80. The Hall–Kier alpha value is -1.63. The Morgan fingerprint density at radius 1 is 1.52 bits per heavy atom. The highest BCUT2D eigenvalue weighted by Gasteiger charge is 2.53. The standard InChI is InChI=1S/C14H24N4O3/c1-9(2)6-14(8-18(13(14)21)7-11(15)19)17-12(20)10-4-3-5-16-10/h9-10,16H,3-8H2,1-2H3,(H2,15,19)(H,17,20)/t10-,14+/m0/s1. The van der Waals surface area contributed by atoms with Gasteiger partial charge in [-0.1, -0.05) is 13.8 Å². The average molecular weight is 296 g/mol. The lowest BCUT2D eigenvalue weighted by Crippen LogP contribution is -2.76. The molecule has 21 heavy (non-hydrogen) atoms. The molecule has 2 heterocycles. The minimum Gasteiger partial charge on any atom is -0.368 e. The van der Waals surface area contributed by atoms with E-state index in [1.807, 2.05) is 13.8 Å². The molecule has 3 amide bonds. The van der Waals surface area contributed by atoms with Gasteiger partial charge in [0.1, 0.15) is 5.54 Å². The number of hydrogen-bond acceptors (Lipinski definition) is 4. The summed E-state index contributed by atoms with van der Waals surface area (Å²) in [5, 5.41) is 6.04. The number of rotatable bonds is 6. The largest absolute Gasteiger partial charge is 0.368 e. The van der Waals surface area contributed by atoms with Gasteiger partial charge in [-0.05, 0) is 31.7 Å². The molecule has 0 bridgehead atoms. The van der Waals surface area contributed by atoms with Gasteiger partial charge in [-0.3, -0.25) is 14.4 Å². The van der Waals surface area contributed by atoms with Crippen LogP contribution in [0.1, 0.15) is 33.1 Å². The summed E-state index contributed by atoms with van der Waals surface area (Å²) >= 11 is 0. The zero-order chi connectivity index (χ0) is 15.6.